The van der Waals surface area contributed by atoms with Crippen molar-refractivity contribution in [2.75, 3.05) is 0 Å². The Morgan fingerprint density at radius 1 is 0.750 bits per heavy atom. The average molecular weight is 264 g/mol. The van der Waals surface area contributed by atoms with Crippen LogP contribution in [0.25, 0.3) is 11.1 Å². The summed E-state index contributed by atoms with van der Waals surface area (Å²) in [5.41, 5.74) is 4.42. The molecular formula is C20H24. The van der Waals surface area contributed by atoms with Crippen LogP contribution in [0.2, 0.25) is 0 Å². The van der Waals surface area contributed by atoms with Gasteiger partial charge in [0.15, 0.2) is 0 Å². The van der Waals surface area contributed by atoms with Crippen molar-refractivity contribution in [3.05, 3.63) is 97.1 Å². The van der Waals surface area contributed by atoms with Gasteiger partial charge in [0.05, 0.1) is 0 Å². The van der Waals surface area contributed by atoms with Gasteiger partial charge < -0.3 is 0 Å². The van der Waals surface area contributed by atoms with Gasteiger partial charge in [-0.25, -0.2) is 0 Å². The van der Waals surface area contributed by atoms with Crippen molar-refractivity contribution in [3.8, 4) is 0 Å². The van der Waals surface area contributed by atoms with Crippen LogP contribution in [0, 0.1) is 0 Å². The molecule has 0 unspecified atom stereocenters. The van der Waals surface area contributed by atoms with Crippen LogP contribution in [0.1, 0.15) is 26.0 Å². The van der Waals surface area contributed by atoms with E-state index in [1.807, 2.05) is 42.5 Å². The summed E-state index contributed by atoms with van der Waals surface area (Å²) in [4.78, 5) is 0. The normalized spacial score (nSPS) is 9.90. The van der Waals surface area contributed by atoms with E-state index in [0.29, 0.717) is 0 Å². The minimum absolute atomic E-state index is 0. The Labute approximate surface area is 123 Å². The van der Waals surface area contributed by atoms with Crippen molar-refractivity contribution in [2.45, 2.75) is 14.9 Å². The third kappa shape index (κ3) is 4.10. The molecule has 0 amide bonds. The number of benzene rings is 2. The zero-order chi connectivity index (χ0) is 12.8. The van der Waals surface area contributed by atoms with E-state index in [9.17, 15) is 0 Å². The molecule has 0 bridgehead atoms. The Morgan fingerprint density at radius 3 is 1.65 bits per heavy atom. The summed E-state index contributed by atoms with van der Waals surface area (Å²) in [6.45, 7) is 7.99. The van der Waals surface area contributed by atoms with Gasteiger partial charge in [-0.3, -0.25) is 0 Å². The fourth-order valence-electron chi connectivity index (χ4n) is 1.90. The van der Waals surface area contributed by atoms with Gasteiger partial charge in [0.1, 0.15) is 0 Å². The second-order valence-electron chi connectivity index (χ2n) is 4.03. The number of allylic oxidation sites excluding steroid dienone is 4. The molecule has 0 aliphatic rings. The molecule has 0 radical (unpaired) electrons. The minimum atomic E-state index is 0. The van der Waals surface area contributed by atoms with Crippen molar-refractivity contribution in [1.82, 2.24) is 0 Å². The third-order valence-corrected chi connectivity index (χ3v) is 2.82. The van der Waals surface area contributed by atoms with Crippen molar-refractivity contribution in [1.29, 1.82) is 0 Å². The highest BCUT2D eigenvalue weighted by Crippen LogP contribution is 2.29. The van der Waals surface area contributed by atoms with Crippen LogP contribution in [0.3, 0.4) is 0 Å². The summed E-state index contributed by atoms with van der Waals surface area (Å²) in [5.74, 6) is 0. The third-order valence-electron chi connectivity index (χ3n) is 2.82. The number of rotatable bonds is 4. The maximum atomic E-state index is 4.20. The molecule has 104 valence electrons. The molecule has 0 aromatic heterocycles. The SMILES string of the molecule is C.C.C=C/C=C(\C(=C)c1ccccc1)c1ccccc1. The summed E-state index contributed by atoms with van der Waals surface area (Å²) in [6, 6.07) is 20.5. The highest BCUT2D eigenvalue weighted by atomic mass is 14.1. The Balaban J connectivity index is 0.00000180. The van der Waals surface area contributed by atoms with Crippen molar-refractivity contribution in [3.63, 3.8) is 0 Å². The molecule has 0 aliphatic heterocycles. The molecule has 0 spiro atoms. The molecule has 2 aromatic carbocycles. The lowest BCUT2D eigenvalue weighted by Gasteiger charge is -2.11. The minimum Gasteiger partial charge on any atom is -0.0990 e. The molecule has 0 heteroatoms. The van der Waals surface area contributed by atoms with Gasteiger partial charge in [-0.15, -0.1) is 0 Å². The smallest absolute Gasteiger partial charge is 0.0112 e. The molecule has 0 heterocycles. The molecular weight excluding hydrogens is 240 g/mol. The predicted molar refractivity (Wildman–Crippen MR) is 93.6 cm³/mol. The molecule has 0 saturated heterocycles. The molecule has 0 saturated carbocycles. The van der Waals surface area contributed by atoms with E-state index in [4.69, 9.17) is 0 Å². The molecule has 20 heavy (non-hydrogen) atoms. The summed E-state index contributed by atoms with van der Waals surface area (Å²) in [7, 11) is 0. The summed E-state index contributed by atoms with van der Waals surface area (Å²) in [6.07, 6.45) is 3.81. The molecule has 2 rings (SSSR count). The highest BCUT2D eigenvalue weighted by Gasteiger charge is 2.06. The van der Waals surface area contributed by atoms with Gasteiger partial charge in [0, 0.05) is 0 Å². The van der Waals surface area contributed by atoms with Crippen molar-refractivity contribution < 1.29 is 0 Å². The first kappa shape index (κ1) is 17.7. The maximum absolute atomic E-state index is 4.20. The predicted octanol–water partition coefficient (Wildman–Crippen LogP) is 6.24. The van der Waals surface area contributed by atoms with Gasteiger partial charge in [-0.1, -0.05) is 101 Å². The summed E-state index contributed by atoms with van der Waals surface area (Å²) in [5, 5.41) is 0. The number of hydrogen-bond donors (Lipinski definition) is 0. The van der Waals surface area contributed by atoms with Crippen LogP contribution in [-0.4, -0.2) is 0 Å². The first-order valence-electron chi connectivity index (χ1n) is 5.96. The van der Waals surface area contributed by atoms with Crippen LogP contribution >= 0.6 is 0 Å². The summed E-state index contributed by atoms with van der Waals surface area (Å²) >= 11 is 0. The van der Waals surface area contributed by atoms with Gasteiger partial charge >= 0.3 is 0 Å². The van der Waals surface area contributed by atoms with Crippen molar-refractivity contribution in [2.24, 2.45) is 0 Å². The van der Waals surface area contributed by atoms with E-state index < -0.39 is 0 Å². The lowest BCUT2D eigenvalue weighted by atomic mass is 9.93. The van der Waals surface area contributed by atoms with Crippen LogP contribution < -0.4 is 0 Å². The number of hydrogen-bond acceptors (Lipinski definition) is 0. The van der Waals surface area contributed by atoms with Gasteiger partial charge in [0.25, 0.3) is 0 Å². The largest absolute Gasteiger partial charge is 0.0990 e. The molecule has 0 nitrogen and oxygen atoms in total. The van der Waals surface area contributed by atoms with E-state index in [-0.39, 0.29) is 14.9 Å². The average Bonchev–Trinajstić information content (AvgIpc) is 2.46. The van der Waals surface area contributed by atoms with Gasteiger partial charge in [-0.05, 0) is 22.3 Å². The lowest BCUT2D eigenvalue weighted by Crippen LogP contribution is -1.88. The Hall–Kier alpha value is -2.34. The lowest BCUT2D eigenvalue weighted by molar-refractivity contribution is 1.59. The van der Waals surface area contributed by atoms with E-state index in [2.05, 4.69) is 37.4 Å². The van der Waals surface area contributed by atoms with E-state index >= 15 is 0 Å². The van der Waals surface area contributed by atoms with E-state index in [1.165, 1.54) is 0 Å². The van der Waals surface area contributed by atoms with E-state index in [0.717, 1.165) is 22.3 Å². The van der Waals surface area contributed by atoms with Crippen LogP contribution in [0.5, 0.6) is 0 Å². The Bertz CT molecular complexity index is 560. The second-order valence-corrected chi connectivity index (χ2v) is 4.03. The monoisotopic (exact) mass is 264 g/mol. The fraction of sp³-hybridized carbons (Fsp3) is 0.100. The molecule has 0 fully saturated rings. The van der Waals surface area contributed by atoms with Gasteiger partial charge in [0.2, 0.25) is 0 Å². The highest BCUT2D eigenvalue weighted by molar-refractivity contribution is 6.04. The molecule has 0 N–H and O–H groups in total. The maximum Gasteiger partial charge on any atom is -0.0112 e. The quantitative estimate of drug-likeness (QED) is 0.573. The Kier molecular flexibility index (Phi) is 7.69. The first-order valence-corrected chi connectivity index (χ1v) is 5.96. The second kappa shape index (κ2) is 8.71. The summed E-state index contributed by atoms with van der Waals surface area (Å²) < 4.78 is 0. The molecule has 2 aromatic rings. The topological polar surface area (TPSA) is 0 Å². The van der Waals surface area contributed by atoms with Crippen LogP contribution in [0.4, 0.5) is 0 Å². The Morgan fingerprint density at radius 2 is 1.20 bits per heavy atom. The van der Waals surface area contributed by atoms with Crippen LogP contribution in [0.15, 0.2) is 86.0 Å². The fourth-order valence-corrected chi connectivity index (χ4v) is 1.90. The zero-order valence-corrected chi connectivity index (χ0v) is 10.3. The molecule has 0 aliphatic carbocycles. The first-order chi connectivity index (χ1) is 8.83. The van der Waals surface area contributed by atoms with Crippen LogP contribution in [-0.2, 0) is 0 Å². The van der Waals surface area contributed by atoms with Gasteiger partial charge in [-0.2, -0.15) is 0 Å². The van der Waals surface area contributed by atoms with Crippen molar-refractivity contribution >= 4 is 11.1 Å². The zero-order valence-electron chi connectivity index (χ0n) is 10.3. The van der Waals surface area contributed by atoms with E-state index in [1.54, 1.807) is 6.08 Å². The standard InChI is InChI=1S/C18H16.2CH4/c1-3-10-18(17-13-8-5-9-14-17)15(2)16-11-6-4-7-12-16;;/h3-14H,1-2H2;2*1H4/b18-10+;;. The molecule has 0 atom stereocenters.